The summed E-state index contributed by atoms with van der Waals surface area (Å²) in [6, 6.07) is 6.35. The van der Waals surface area contributed by atoms with E-state index in [-0.39, 0.29) is 24.3 Å². The van der Waals surface area contributed by atoms with Gasteiger partial charge < -0.3 is 10.1 Å². The molecule has 0 aliphatic heterocycles. The summed E-state index contributed by atoms with van der Waals surface area (Å²) in [5, 5.41) is 6.13. The number of esters is 1. The van der Waals surface area contributed by atoms with E-state index in [2.05, 4.69) is 15.4 Å². The normalized spacial score (nSPS) is 12.1. The van der Waals surface area contributed by atoms with Crippen molar-refractivity contribution >= 4 is 29.2 Å². The fourth-order valence-corrected chi connectivity index (χ4v) is 1.88. The number of methoxy groups -OCH3 is 1. The van der Waals surface area contributed by atoms with Gasteiger partial charge in [-0.1, -0.05) is 31.5 Å². The predicted molar refractivity (Wildman–Crippen MR) is 78.7 cm³/mol. The monoisotopic (exact) mass is 298 g/mol. The molecule has 0 radical (unpaired) electrons. The number of hydrogen-bond acceptors (Lipinski definition) is 4. The molecule has 5 nitrogen and oxygen atoms in total. The standard InChI is InChI=1S/C14H19ClN2O3/c1-9(2)13(14(19)20-3)16-8-12(18)17-11-6-4-5-10(15)7-11/h4-7,9,13,16H,8H2,1-3H3,(H,17,18). The first-order valence-electron chi connectivity index (χ1n) is 6.30. The van der Waals surface area contributed by atoms with E-state index in [9.17, 15) is 9.59 Å². The number of halogens is 1. The maximum atomic E-state index is 11.8. The van der Waals surface area contributed by atoms with Crippen molar-refractivity contribution in [2.24, 2.45) is 5.92 Å². The topological polar surface area (TPSA) is 67.4 Å². The van der Waals surface area contributed by atoms with Crippen LogP contribution in [0.2, 0.25) is 5.02 Å². The van der Waals surface area contributed by atoms with Gasteiger partial charge in [0.15, 0.2) is 0 Å². The number of benzene rings is 1. The Kier molecular flexibility index (Phi) is 6.48. The summed E-state index contributed by atoms with van der Waals surface area (Å²) in [5.74, 6) is -0.598. The minimum absolute atomic E-state index is 0.0183. The summed E-state index contributed by atoms with van der Waals surface area (Å²) in [5.41, 5.74) is 0.614. The Morgan fingerprint density at radius 2 is 2.05 bits per heavy atom. The average Bonchev–Trinajstić information content (AvgIpc) is 2.38. The van der Waals surface area contributed by atoms with Crippen LogP contribution in [0.3, 0.4) is 0 Å². The number of amides is 1. The summed E-state index contributed by atoms with van der Waals surface area (Å²) in [7, 11) is 1.32. The molecular weight excluding hydrogens is 280 g/mol. The second-order valence-corrected chi connectivity index (χ2v) is 5.12. The van der Waals surface area contributed by atoms with Crippen molar-refractivity contribution in [1.29, 1.82) is 0 Å². The molecule has 6 heteroatoms. The summed E-state index contributed by atoms with van der Waals surface area (Å²) in [4.78, 5) is 23.3. The van der Waals surface area contributed by atoms with Crippen molar-refractivity contribution in [2.45, 2.75) is 19.9 Å². The van der Waals surface area contributed by atoms with Gasteiger partial charge in [0, 0.05) is 10.7 Å². The minimum Gasteiger partial charge on any atom is -0.468 e. The van der Waals surface area contributed by atoms with Gasteiger partial charge >= 0.3 is 5.97 Å². The van der Waals surface area contributed by atoms with Crippen molar-refractivity contribution in [3.8, 4) is 0 Å². The van der Waals surface area contributed by atoms with Gasteiger partial charge in [0.05, 0.1) is 13.7 Å². The van der Waals surface area contributed by atoms with Crippen molar-refractivity contribution < 1.29 is 14.3 Å². The Bertz CT molecular complexity index is 477. The molecule has 1 atom stereocenters. The third-order valence-electron chi connectivity index (χ3n) is 2.71. The van der Waals surface area contributed by atoms with Crippen LogP contribution < -0.4 is 10.6 Å². The van der Waals surface area contributed by atoms with Crippen molar-refractivity contribution in [1.82, 2.24) is 5.32 Å². The fourth-order valence-electron chi connectivity index (χ4n) is 1.69. The van der Waals surface area contributed by atoms with Crippen LogP contribution in [0.4, 0.5) is 5.69 Å². The minimum atomic E-state index is -0.509. The highest BCUT2D eigenvalue weighted by atomic mass is 35.5. The van der Waals surface area contributed by atoms with Crippen LogP contribution >= 0.6 is 11.6 Å². The van der Waals surface area contributed by atoms with Crippen LogP contribution in [0.1, 0.15) is 13.8 Å². The first-order valence-corrected chi connectivity index (χ1v) is 6.68. The predicted octanol–water partition coefficient (Wildman–Crippen LogP) is 2.07. The van der Waals surface area contributed by atoms with Crippen LogP contribution in [-0.2, 0) is 14.3 Å². The van der Waals surface area contributed by atoms with Gasteiger partial charge in [-0.3, -0.25) is 14.9 Å². The van der Waals surface area contributed by atoms with E-state index >= 15 is 0 Å². The summed E-state index contributed by atoms with van der Waals surface area (Å²) in [6.07, 6.45) is 0. The van der Waals surface area contributed by atoms with Gasteiger partial charge in [0.2, 0.25) is 5.91 Å². The lowest BCUT2D eigenvalue weighted by atomic mass is 10.0. The SMILES string of the molecule is COC(=O)C(NCC(=O)Nc1cccc(Cl)c1)C(C)C. The second-order valence-electron chi connectivity index (χ2n) is 4.68. The summed E-state index contributed by atoms with van der Waals surface area (Å²) >= 11 is 5.83. The quantitative estimate of drug-likeness (QED) is 0.789. The Labute approximate surface area is 123 Å². The molecule has 1 aromatic rings. The largest absolute Gasteiger partial charge is 0.468 e. The van der Waals surface area contributed by atoms with E-state index in [1.54, 1.807) is 24.3 Å². The third-order valence-corrected chi connectivity index (χ3v) is 2.95. The Morgan fingerprint density at radius 1 is 1.35 bits per heavy atom. The zero-order valence-corrected chi connectivity index (χ0v) is 12.5. The highest BCUT2D eigenvalue weighted by Gasteiger charge is 2.22. The molecular formula is C14H19ClN2O3. The van der Waals surface area contributed by atoms with E-state index in [0.717, 1.165) is 0 Å². The van der Waals surface area contributed by atoms with Gasteiger partial charge in [-0.05, 0) is 24.1 Å². The molecule has 110 valence electrons. The second kappa shape index (κ2) is 7.87. The molecule has 0 saturated carbocycles. The number of carbonyl (C=O) groups is 2. The van der Waals surface area contributed by atoms with Gasteiger partial charge in [-0.2, -0.15) is 0 Å². The molecule has 0 aliphatic rings. The molecule has 0 aromatic heterocycles. The molecule has 1 amide bonds. The fraction of sp³-hybridized carbons (Fsp3) is 0.429. The van der Waals surface area contributed by atoms with E-state index in [1.807, 2.05) is 13.8 Å². The summed E-state index contributed by atoms with van der Waals surface area (Å²) in [6.45, 7) is 3.78. The van der Waals surface area contributed by atoms with Gasteiger partial charge in [0.25, 0.3) is 0 Å². The molecule has 0 spiro atoms. The lowest BCUT2D eigenvalue weighted by Gasteiger charge is -2.19. The molecule has 1 unspecified atom stereocenters. The number of anilines is 1. The van der Waals surface area contributed by atoms with Crippen LogP contribution in [-0.4, -0.2) is 31.6 Å². The Balaban J connectivity index is 2.52. The molecule has 0 fully saturated rings. The number of rotatable bonds is 6. The average molecular weight is 299 g/mol. The maximum absolute atomic E-state index is 11.8. The number of ether oxygens (including phenoxy) is 1. The molecule has 0 bridgehead atoms. The van der Waals surface area contributed by atoms with Crippen molar-refractivity contribution in [3.63, 3.8) is 0 Å². The van der Waals surface area contributed by atoms with Crippen LogP contribution in [0.15, 0.2) is 24.3 Å². The van der Waals surface area contributed by atoms with Crippen LogP contribution in [0.25, 0.3) is 0 Å². The third kappa shape index (κ3) is 5.19. The van der Waals surface area contributed by atoms with Crippen molar-refractivity contribution in [2.75, 3.05) is 19.0 Å². The highest BCUT2D eigenvalue weighted by Crippen LogP contribution is 2.14. The van der Waals surface area contributed by atoms with Gasteiger partial charge in [-0.15, -0.1) is 0 Å². The van der Waals surface area contributed by atoms with E-state index < -0.39 is 6.04 Å². The smallest absolute Gasteiger partial charge is 0.323 e. The zero-order valence-electron chi connectivity index (χ0n) is 11.8. The van der Waals surface area contributed by atoms with Crippen LogP contribution in [0, 0.1) is 5.92 Å². The summed E-state index contributed by atoms with van der Waals surface area (Å²) < 4.78 is 4.69. The lowest BCUT2D eigenvalue weighted by Crippen LogP contribution is -2.45. The van der Waals surface area contributed by atoms with Gasteiger partial charge in [0.1, 0.15) is 6.04 Å². The first kappa shape index (κ1) is 16.5. The molecule has 0 aliphatic carbocycles. The van der Waals surface area contributed by atoms with Gasteiger partial charge in [-0.25, -0.2) is 0 Å². The molecule has 1 aromatic carbocycles. The Hall–Kier alpha value is -1.59. The van der Waals surface area contributed by atoms with E-state index in [1.165, 1.54) is 7.11 Å². The maximum Gasteiger partial charge on any atom is 0.323 e. The van der Waals surface area contributed by atoms with Crippen LogP contribution in [0.5, 0.6) is 0 Å². The molecule has 0 saturated heterocycles. The van der Waals surface area contributed by atoms with E-state index in [4.69, 9.17) is 11.6 Å². The first-order chi connectivity index (χ1) is 9.43. The molecule has 20 heavy (non-hydrogen) atoms. The van der Waals surface area contributed by atoms with E-state index in [0.29, 0.717) is 10.7 Å². The van der Waals surface area contributed by atoms with Crippen molar-refractivity contribution in [3.05, 3.63) is 29.3 Å². The highest BCUT2D eigenvalue weighted by molar-refractivity contribution is 6.30. The molecule has 1 rings (SSSR count). The lowest BCUT2D eigenvalue weighted by molar-refractivity contribution is -0.144. The molecule has 0 heterocycles. The number of nitrogens with one attached hydrogen (secondary N) is 2. The number of hydrogen-bond donors (Lipinski definition) is 2. The number of carbonyl (C=O) groups excluding carboxylic acids is 2. The molecule has 2 N–H and O–H groups in total. The zero-order chi connectivity index (χ0) is 15.1. The Morgan fingerprint density at radius 3 is 2.60 bits per heavy atom.